The first kappa shape index (κ1) is 21.8. The fourth-order valence-corrected chi connectivity index (χ4v) is 5.27. The minimum atomic E-state index is -4.80. The number of ether oxygens (including phenoxy) is 4. The van der Waals surface area contributed by atoms with Gasteiger partial charge in [0.1, 0.15) is 11.5 Å². The Morgan fingerprint density at radius 3 is 2.29 bits per heavy atom. The van der Waals surface area contributed by atoms with Gasteiger partial charge in [0.2, 0.25) is 11.5 Å². The molecule has 0 bridgehead atoms. The summed E-state index contributed by atoms with van der Waals surface area (Å²) in [5, 5.41) is 12.0. The van der Waals surface area contributed by atoms with E-state index in [1.54, 1.807) is 49.4 Å². The van der Waals surface area contributed by atoms with Crippen molar-refractivity contribution in [3.8, 4) is 11.5 Å². The molecular weight excluding hydrogens is 426 g/mol. The van der Waals surface area contributed by atoms with Crippen molar-refractivity contribution in [1.82, 2.24) is 0 Å². The van der Waals surface area contributed by atoms with Gasteiger partial charge in [-0.2, -0.15) is 8.42 Å². The lowest BCUT2D eigenvalue weighted by Crippen LogP contribution is -2.76. The number of fused-ring (bicyclic) bond motifs is 2. The second-order valence-electron chi connectivity index (χ2n) is 7.90. The highest BCUT2D eigenvalue weighted by Gasteiger charge is 2.71. The molecule has 9 nitrogen and oxygen atoms in total. The Balaban J connectivity index is 2.14. The molecule has 2 heterocycles. The van der Waals surface area contributed by atoms with Gasteiger partial charge in [-0.25, -0.2) is 0 Å². The van der Waals surface area contributed by atoms with Crippen molar-refractivity contribution in [2.45, 2.75) is 43.4 Å². The summed E-state index contributed by atoms with van der Waals surface area (Å²) >= 11 is 0. The summed E-state index contributed by atoms with van der Waals surface area (Å²) in [5.41, 5.74) is -4.45. The van der Waals surface area contributed by atoms with E-state index in [-0.39, 0.29) is 5.75 Å². The number of rotatable bonds is 4. The maximum absolute atomic E-state index is 12.5. The molecule has 2 N–H and O–H groups in total. The topological polar surface area (TPSA) is 115 Å². The molecule has 0 radical (unpaired) electrons. The number of hydrogen-bond donors (Lipinski definition) is 2. The number of nitrogens with zero attached hydrogens (tertiary/aromatic N) is 1. The van der Waals surface area contributed by atoms with Crippen LogP contribution in [0, 0.1) is 6.92 Å². The zero-order chi connectivity index (χ0) is 22.8. The summed E-state index contributed by atoms with van der Waals surface area (Å²) in [4.78, 5) is 1.24. The van der Waals surface area contributed by atoms with Gasteiger partial charge >= 0.3 is 15.7 Å². The zero-order valence-corrected chi connectivity index (χ0v) is 18.6. The first-order chi connectivity index (χ1) is 14.4. The normalized spacial score (nSPS) is 32.1. The van der Waals surface area contributed by atoms with Gasteiger partial charge < -0.3 is 24.1 Å². The fraction of sp³-hybridized carbons (Fsp3) is 0.429. The van der Waals surface area contributed by atoms with Crippen molar-refractivity contribution in [3.63, 3.8) is 0 Å². The monoisotopic (exact) mass is 451 g/mol. The first-order valence-corrected chi connectivity index (χ1v) is 11.1. The lowest BCUT2D eigenvalue weighted by Gasteiger charge is -2.59. The average molecular weight is 451 g/mol. The van der Waals surface area contributed by atoms with Crippen LogP contribution in [-0.2, 0) is 25.3 Å². The Labute approximate surface area is 180 Å². The predicted molar refractivity (Wildman–Crippen MR) is 111 cm³/mol. The number of hydrogen-bond acceptors (Lipinski definition) is 8. The van der Waals surface area contributed by atoms with Crippen LogP contribution >= 0.6 is 0 Å². The van der Waals surface area contributed by atoms with Crippen molar-refractivity contribution >= 4 is 15.8 Å². The molecule has 0 saturated carbocycles. The molecule has 0 aliphatic carbocycles. The smallest absolute Gasteiger partial charge is 0.324 e. The van der Waals surface area contributed by atoms with Gasteiger partial charge in [0.15, 0.2) is 5.60 Å². The third-order valence-corrected chi connectivity index (χ3v) is 7.08. The Morgan fingerprint density at radius 1 is 1.03 bits per heavy atom. The van der Waals surface area contributed by atoms with Crippen molar-refractivity contribution in [1.29, 1.82) is 0 Å². The highest BCUT2D eigenvalue weighted by atomic mass is 32.2. The molecule has 2 aromatic carbocycles. The van der Waals surface area contributed by atoms with E-state index in [0.717, 1.165) is 0 Å². The largest absolute Gasteiger partial charge is 0.459 e. The molecule has 2 aromatic rings. The quantitative estimate of drug-likeness (QED) is 0.676. The number of para-hydroxylation sites is 2. The number of benzene rings is 2. The summed E-state index contributed by atoms with van der Waals surface area (Å²) in [6.07, 6.45) is 0. The first-order valence-electron chi connectivity index (χ1n) is 9.57. The summed E-state index contributed by atoms with van der Waals surface area (Å²) in [5.74, 6) is -1.12. The molecule has 2 aliphatic rings. The molecular formula is C21H25NO8S. The standard InChI is InChI=1S/C21H25NO8S/c1-13-9-8-12-16-17(13)22(18(29-16)31(24,25)26)21(28-5)14-10-6-7-11-15(14)30-20(3,27-4)19(21,2)23/h6-12,18,23H,1-5H3,(H,24,25,26). The average Bonchev–Trinajstić information content (AvgIpc) is 3.11. The minimum absolute atomic E-state index is 0.220. The number of aryl methyl sites for hydroxylation is 1. The van der Waals surface area contributed by atoms with Crippen molar-refractivity contribution in [2.75, 3.05) is 19.1 Å². The van der Waals surface area contributed by atoms with E-state index in [2.05, 4.69) is 0 Å². The number of anilines is 1. The fourth-order valence-electron chi connectivity index (χ4n) is 4.53. The zero-order valence-electron chi connectivity index (χ0n) is 17.8. The highest BCUT2D eigenvalue weighted by Crippen LogP contribution is 2.58. The highest BCUT2D eigenvalue weighted by molar-refractivity contribution is 7.86. The second kappa shape index (κ2) is 6.81. The second-order valence-corrected chi connectivity index (χ2v) is 9.33. The van der Waals surface area contributed by atoms with Gasteiger partial charge in [0.25, 0.3) is 0 Å². The molecule has 168 valence electrons. The van der Waals surface area contributed by atoms with Crippen LogP contribution in [0.4, 0.5) is 5.69 Å². The Bertz CT molecular complexity index is 1130. The van der Waals surface area contributed by atoms with Crippen molar-refractivity contribution in [2.24, 2.45) is 0 Å². The van der Waals surface area contributed by atoms with Crippen LogP contribution in [0.5, 0.6) is 11.5 Å². The van der Waals surface area contributed by atoms with E-state index in [9.17, 15) is 18.1 Å². The molecule has 4 unspecified atom stereocenters. The summed E-state index contributed by atoms with van der Waals surface area (Å²) in [6.45, 7) is 4.71. The summed E-state index contributed by atoms with van der Waals surface area (Å²) in [6, 6.07) is 11.8. The van der Waals surface area contributed by atoms with Gasteiger partial charge in [-0.1, -0.05) is 30.3 Å². The Morgan fingerprint density at radius 2 is 1.68 bits per heavy atom. The van der Waals surface area contributed by atoms with Crippen LogP contribution in [0.1, 0.15) is 25.0 Å². The molecule has 10 heteroatoms. The van der Waals surface area contributed by atoms with E-state index in [4.69, 9.17) is 18.9 Å². The van der Waals surface area contributed by atoms with Crippen LogP contribution in [0.3, 0.4) is 0 Å². The maximum atomic E-state index is 12.5. The van der Waals surface area contributed by atoms with E-state index in [1.165, 1.54) is 33.0 Å². The van der Waals surface area contributed by atoms with Gasteiger partial charge in [0, 0.05) is 26.7 Å². The van der Waals surface area contributed by atoms with Crippen molar-refractivity contribution < 1.29 is 37.0 Å². The van der Waals surface area contributed by atoms with Gasteiger partial charge in [0.05, 0.1) is 5.69 Å². The van der Waals surface area contributed by atoms with Crippen LogP contribution in [0.15, 0.2) is 42.5 Å². The molecule has 0 amide bonds. The van der Waals surface area contributed by atoms with Crippen LogP contribution in [0.2, 0.25) is 0 Å². The molecule has 0 aromatic heterocycles. The Hall–Kier alpha value is -2.37. The van der Waals surface area contributed by atoms with Crippen LogP contribution in [0.25, 0.3) is 0 Å². The molecule has 2 aliphatic heterocycles. The number of aliphatic hydroxyl groups is 1. The Kier molecular flexibility index (Phi) is 4.80. The number of methoxy groups -OCH3 is 2. The SMILES string of the molecule is COC1(C)Oc2ccccc2C(OC)(N2c3c(C)cccc3OC2S(=O)(=O)O)C1(C)O. The van der Waals surface area contributed by atoms with Gasteiger partial charge in [-0.05, 0) is 31.5 Å². The van der Waals surface area contributed by atoms with E-state index in [0.29, 0.717) is 22.6 Å². The molecule has 0 fully saturated rings. The molecule has 4 atom stereocenters. The minimum Gasteiger partial charge on any atom is -0.459 e. The molecule has 4 rings (SSSR count). The molecule has 0 saturated heterocycles. The third-order valence-electron chi connectivity index (χ3n) is 6.26. The van der Waals surface area contributed by atoms with Gasteiger partial charge in [-0.15, -0.1) is 0 Å². The third kappa shape index (κ3) is 2.72. The maximum Gasteiger partial charge on any atom is 0.324 e. The molecule has 0 spiro atoms. The molecule has 31 heavy (non-hydrogen) atoms. The lowest BCUT2D eigenvalue weighted by atomic mass is 9.75. The van der Waals surface area contributed by atoms with E-state index >= 15 is 0 Å². The van der Waals surface area contributed by atoms with E-state index < -0.39 is 32.8 Å². The van der Waals surface area contributed by atoms with E-state index in [1.807, 2.05) is 0 Å². The van der Waals surface area contributed by atoms with Crippen LogP contribution < -0.4 is 14.4 Å². The predicted octanol–water partition coefficient (Wildman–Crippen LogP) is 2.37. The van der Waals surface area contributed by atoms with Gasteiger partial charge in [-0.3, -0.25) is 9.45 Å². The lowest BCUT2D eigenvalue weighted by molar-refractivity contribution is -0.332. The van der Waals surface area contributed by atoms with Crippen LogP contribution in [-0.4, -0.2) is 49.2 Å². The van der Waals surface area contributed by atoms with Crippen molar-refractivity contribution in [3.05, 3.63) is 53.6 Å². The summed E-state index contributed by atoms with van der Waals surface area (Å²) in [7, 11) is -2.10. The summed E-state index contributed by atoms with van der Waals surface area (Å²) < 4.78 is 58.3.